The Hall–Kier alpha value is -0.650. The van der Waals surface area contributed by atoms with Crippen LogP contribution in [0.15, 0.2) is 29.2 Å². The van der Waals surface area contributed by atoms with Crippen molar-refractivity contribution in [3.05, 3.63) is 30.1 Å². The molecule has 2 rings (SSSR count). The van der Waals surface area contributed by atoms with Crippen molar-refractivity contribution < 1.29 is 12.8 Å². The molecule has 0 radical (unpaired) electrons. The summed E-state index contributed by atoms with van der Waals surface area (Å²) in [6, 6.07) is 5.00. The number of benzene rings is 1. The van der Waals surface area contributed by atoms with Crippen molar-refractivity contribution >= 4 is 21.6 Å². The van der Waals surface area contributed by atoms with Gasteiger partial charge < -0.3 is 0 Å². The third-order valence-corrected chi connectivity index (χ3v) is 4.91. The van der Waals surface area contributed by atoms with Crippen molar-refractivity contribution in [1.82, 2.24) is 4.72 Å². The number of nitrogens with one attached hydrogen (secondary N) is 1. The summed E-state index contributed by atoms with van der Waals surface area (Å²) in [6.45, 7) is 0.374. The van der Waals surface area contributed by atoms with Gasteiger partial charge in [0, 0.05) is 12.4 Å². The number of alkyl halides is 1. The van der Waals surface area contributed by atoms with Crippen LogP contribution in [-0.2, 0) is 10.0 Å². The summed E-state index contributed by atoms with van der Waals surface area (Å²) < 4.78 is 39.4. The zero-order valence-corrected chi connectivity index (χ0v) is 11.4. The van der Waals surface area contributed by atoms with Gasteiger partial charge in [0.25, 0.3) is 0 Å². The van der Waals surface area contributed by atoms with Gasteiger partial charge in [-0.25, -0.2) is 17.5 Å². The highest BCUT2D eigenvalue weighted by atomic mass is 35.5. The van der Waals surface area contributed by atoms with E-state index < -0.39 is 15.8 Å². The van der Waals surface area contributed by atoms with Crippen LogP contribution in [0.2, 0.25) is 0 Å². The normalized spacial score (nSPS) is 17.7. The maximum atomic E-state index is 13.0. The monoisotopic (exact) mass is 291 g/mol. The van der Waals surface area contributed by atoms with E-state index in [0.717, 1.165) is 25.3 Å². The maximum absolute atomic E-state index is 13.0. The van der Waals surface area contributed by atoms with Crippen molar-refractivity contribution in [2.75, 3.05) is 12.4 Å². The zero-order valence-electron chi connectivity index (χ0n) is 9.83. The van der Waals surface area contributed by atoms with Gasteiger partial charge in [0.15, 0.2) is 0 Å². The molecule has 1 saturated carbocycles. The Morgan fingerprint density at radius 1 is 1.39 bits per heavy atom. The smallest absolute Gasteiger partial charge is 0.211 e. The van der Waals surface area contributed by atoms with Crippen LogP contribution in [0.25, 0.3) is 0 Å². The average Bonchev–Trinajstić information content (AvgIpc) is 3.08. The lowest BCUT2D eigenvalue weighted by Crippen LogP contribution is -2.30. The van der Waals surface area contributed by atoms with E-state index in [2.05, 4.69) is 4.72 Å². The summed E-state index contributed by atoms with van der Waals surface area (Å²) in [5.74, 6) is -0.0263. The number of hydrogen-bond acceptors (Lipinski definition) is 2. The van der Waals surface area contributed by atoms with Crippen LogP contribution in [0.4, 0.5) is 4.39 Å². The summed E-state index contributed by atoms with van der Waals surface area (Å²) >= 11 is 5.69. The molecule has 0 aromatic heterocycles. The first-order valence-corrected chi connectivity index (χ1v) is 7.80. The van der Waals surface area contributed by atoms with E-state index in [9.17, 15) is 12.8 Å². The Balaban J connectivity index is 2.04. The predicted octanol–water partition coefficient (Wildman–Crippen LogP) is 2.51. The second-order valence-corrected chi connectivity index (χ2v) is 6.87. The molecule has 18 heavy (non-hydrogen) atoms. The van der Waals surface area contributed by atoms with Crippen LogP contribution < -0.4 is 4.72 Å². The van der Waals surface area contributed by atoms with E-state index in [0.29, 0.717) is 12.4 Å². The fourth-order valence-corrected chi connectivity index (χ4v) is 3.45. The summed E-state index contributed by atoms with van der Waals surface area (Å²) in [5.41, 5.74) is 0.0160. The van der Waals surface area contributed by atoms with Crippen LogP contribution in [0, 0.1) is 11.2 Å². The molecule has 1 aliphatic rings. The Morgan fingerprint density at radius 3 is 2.67 bits per heavy atom. The zero-order chi connectivity index (χ0) is 13.2. The summed E-state index contributed by atoms with van der Waals surface area (Å²) in [4.78, 5) is -0.0378. The van der Waals surface area contributed by atoms with Crippen molar-refractivity contribution in [2.24, 2.45) is 5.41 Å². The molecule has 1 aliphatic carbocycles. The minimum atomic E-state index is -3.63. The number of rotatable bonds is 6. The molecule has 0 heterocycles. The molecule has 0 unspecified atom stereocenters. The molecule has 0 amide bonds. The van der Waals surface area contributed by atoms with Crippen LogP contribution in [0.5, 0.6) is 0 Å². The Kier molecular flexibility index (Phi) is 3.94. The van der Waals surface area contributed by atoms with Crippen molar-refractivity contribution in [1.29, 1.82) is 0 Å². The van der Waals surface area contributed by atoms with Gasteiger partial charge in [-0.3, -0.25) is 0 Å². The highest BCUT2D eigenvalue weighted by Gasteiger charge is 2.42. The quantitative estimate of drug-likeness (QED) is 0.819. The van der Waals surface area contributed by atoms with Crippen molar-refractivity contribution in [2.45, 2.75) is 24.2 Å². The van der Waals surface area contributed by atoms with E-state index in [-0.39, 0.29) is 10.3 Å². The van der Waals surface area contributed by atoms with Gasteiger partial charge in [0.1, 0.15) is 5.82 Å². The SMILES string of the molecule is O=S(=O)(NCC1(CCCl)CC1)c1cccc(F)c1. The first-order valence-electron chi connectivity index (χ1n) is 5.79. The van der Waals surface area contributed by atoms with E-state index in [4.69, 9.17) is 11.6 Å². The summed E-state index contributed by atoms with van der Waals surface area (Å²) in [5, 5.41) is 0. The van der Waals surface area contributed by atoms with Gasteiger partial charge in [-0.2, -0.15) is 0 Å². The van der Waals surface area contributed by atoms with E-state index in [1.807, 2.05) is 0 Å². The minimum Gasteiger partial charge on any atom is -0.211 e. The Labute approximate surface area is 111 Å². The van der Waals surface area contributed by atoms with Crippen LogP contribution in [0.1, 0.15) is 19.3 Å². The molecule has 0 saturated heterocycles. The number of halogens is 2. The first kappa shape index (κ1) is 13.8. The molecule has 1 N–H and O–H groups in total. The molecule has 100 valence electrons. The lowest BCUT2D eigenvalue weighted by Gasteiger charge is -2.14. The second-order valence-electron chi connectivity index (χ2n) is 4.72. The predicted molar refractivity (Wildman–Crippen MR) is 68.6 cm³/mol. The average molecular weight is 292 g/mol. The molecule has 3 nitrogen and oxygen atoms in total. The second kappa shape index (κ2) is 5.15. The molecular weight excluding hydrogens is 277 g/mol. The lowest BCUT2D eigenvalue weighted by molar-refractivity contribution is 0.478. The van der Waals surface area contributed by atoms with E-state index in [1.165, 1.54) is 18.2 Å². The van der Waals surface area contributed by atoms with Gasteiger partial charge in [-0.1, -0.05) is 6.07 Å². The maximum Gasteiger partial charge on any atom is 0.240 e. The minimum absolute atomic E-state index is 0.0160. The number of sulfonamides is 1. The van der Waals surface area contributed by atoms with Gasteiger partial charge >= 0.3 is 0 Å². The van der Waals surface area contributed by atoms with Crippen LogP contribution >= 0.6 is 11.6 Å². The molecule has 0 bridgehead atoms. The van der Waals surface area contributed by atoms with Gasteiger partial charge in [0.05, 0.1) is 4.90 Å². The topological polar surface area (TPSA) is 46.2 Å². The molecule has 1 fully saturated rings. The van der Waals surface area contributed by atoms with E-state index in [1.54, 1.807) is 0 Å². The molecule has 0 spiro atoms. The molecule has 1 aromatic rings. The molecule has 1 aromatic carbocycles. The fourth-order valence-electron chi connectivity index (χ4n) is 1.86. The first-order chi connectivity index (χ1) is 8.47. The van der Waals surface area contributed by atoms with Crippen LogP contribution in [0.3, 0.4) is 0 Å². The van der Waals surface area contributed by atoms with Crippen LogP contribution in [-0.4, -0.2) is 20.8 Å². The standard InChI is InChI=1S/C12H15ClFNO2S/c13-7-6-12(4-5-12)9-15-18(16,17)11-3-1-2-10(14)8-11/h1-3,8,15H,4-7,9H2. The third kappa shape index (κ3) is 3.22. The molecular formula is C12H15ClFNO2S. The Bertz CT molecular complexity index is 529. The molecule has 6 heteroatoms. The molecule has 0 aliphatic heterocycles. The largest absolute Gasteiger partial charge is 0.240 e. The molecule has 0 atom stereocenters. The van der Waals surface area contributed by atoms with Gasteiger partial charge in [-0.05, 0) is 42.9 Å². The van der Waals surface area contributed by atoms with Gasteiger partial charge in [-0.15, -0.1) is 11.6 Å². The fraction of sp³-hybridized carbons (Fsp3) is 0.500. The van der Waals surface area contributed by atoms with Crippen molar-refractivity contribution in [3.63, 3.8) is 0 Å². The lowest BCUT2D eigenvalue weighted by atomic mass is 10.1. The summed E-state index contributed by atoms with van der Waals surface area (Å²) in [6.07, 6.45) is 2.79. The highest BCUT2D eigenvalue weighted by Crippen LogP contribution is 2.48. The van der Waals surface area contributed by atoms with Crippen molar-refractivity contribution in [3.8, 4) is 0 Å². The highest BCUT2D eigenvalue weighted by molar-refractivity contribution is 7.89. The van der Waals surface area contributed by atoms with Gasteiger partial charge in [0.2, 0.25) is 10.0 Å². The number of hydrogen-bond donors (Lipinski definition) is 1. The van der Waals surface area contributed by atoms with E-state index >= 15 is 0 Å². The third-order valence-electron chi connectivity index (χ3n) is 3.33. The summed E-state index contributed by atoms with van der Waals surface area (Å²) in [7, 11) is -3.63. The Morgan fingerprint density at radius 2 is 2.11 bits per heavy atom.